The summed E-state index contributed by atoms with van der Waals surface area (Å²) in [5.41, 5.74) is 6.09. The molecule has 7 nitrogen and oxygen atoms in total. The van der Waals surface area contributed by atoms with Crippen LogP contribution in [0.15, 0.2) is 95.9 Å². The first-order chi connectivity index (χ1) is 20.8. The van der Waals surface area contributed by atoms with Gasteiger partial charge >= 0.3 is 0 Å². The van der Waals surface area contributed by atoms with Crippen LogP contribution in [0.25, 0.3) is 0 Å². The zero-order valence-corrected chi connectivity index (χ0v) is 25.0. The Morgan fingerprint density at radius 2 is 1.67 bits per heavy atom. The molecule has 7 rings (SSSR count). The summed E-state index contributed by atoms with van der Waals surface area (Å²) in [6, 6.07) is 28.5. The lowest BCUT2D eigenvalue weighted by Gasteiger charge is -2.43. The summed E-state index contributed by atoms with van der Waals surface area (Å²) < 4.78 is 34.1. The second-order valence-corrected chi connectivity index (χ2v) is 13.7. The minimum Gasteiger partial charge on any atom is -0.495 e. The lowest BCUT2D eigenvalue weighted by Crippen LogP contribution is -2.35. The van der Waals surface area contributed by atoms with Gasteiger partial charge in [0.15, 0.2) is 0 Å². The summed E-state index contributed by atoms with van der Waals surface area (Å²) in [7, 11) is -2.36. The smallest absolute Gasteiger partial charge is 0.262 e. The average molecular weight is 594 g/mol. The Morgan fingerprint density at radius 1 is 0.907 bits per heavy atom. The number of ether oxygens (including phenoxy) is 1. The van der Waals surface area contributed by atoms with Crippen molar-refractivity contribution in [3.05, 3.63) is 113 Å². The number of carbonyl (C=O) groups is 1. The van der Waals surface area contributed by atoms with Gasteiger partial charge in [0.1, 0.15) is 5.75 Å². The summed E-state index contributed by atoms with van der Waals surface area (Å²) in [5.74, 6) is 2.54. The monoisotopic (exact) mass is 593 g/mol. The molecule has 2 aliphatic carbocycles. The Bertz CT molecular complexity index is 1790. The van der Waals surface area contributed by atoms with E-state index < -0.39 is 10.0 Å². The van der Waals surface area contributed by atoms with E-state index in [9.17, 15) is 13.2 Å². The molecule has 0 radical (unpaired) electrons. The number of fused-ring (bicyclic) bond motifs is 7. The van der Waals surface area contributed by atoms with Gasteiger partial charge in [-0.25, -0.2) is 8.42 Å². The maximum atomic E-state index is 13.4. The molecule has 0 unspecified atom stereocenters. The van der Waals surface area contributed by atoms with Crippen LogP contribution < -0.4 is 20.1 Å². The minimum atomic E-state index is -3.86. The predicted molar refractivity (Wildman–Crippen MR) is 169 cm³/mol. The lowest BCUT2D eigenvalue weighted by atomic mass is 9.68. The van der Waals surface area contributed by atoms with Crippen molar-refractivity contribution in [1.29, 1.82) is 0 Å². The molecule has 0 aromatic heterocycles. The molecule has 0 saturated heterocycles. The molecule has 8 heteroatoms. The molecule has 3 N–H and O–H groups in total. The van der Waals surface area contributed by atoms with Gasteiger partial charge in [0.05, 0.1) is 23.7 Å². The van der Waals surface area contributed by atoms with E-state index in [1.165, 1.54) is 49.6 Å². The van der Waals surface area contributed by atoms with E-state index in [2.05, 4.69) is 51.8 Å². The van der Waals surface area contributed by atoms with Crippen LogP contribution in [0.1, 0.15) is 58.3 Å². The van der Waals surface area contributed by atoms with Crippen LogP contribution in [0, 0.1) is 24.7 Å². The molecule has 1 heterocycles. The molecule has 220 valence electrons. The number of methoxy groups -OCH3 is 1. The Balaban J connectivity index is 1.10. The van der Waals surface area contributed by atoms with Crippen molar-refractivity contribution in [3.8, 4) is 5.75 Å². The second-order valence-electron chi connectivity index (χ2n) is 12.1. The Morgan fingerprint density at radius 3 is 2.44 bits per heavy atom. The van der Waals surface area contributed by atoms with Gasteiger partial charge in [0.2, 0.25) is 0 Å². The van der Waals surface area contributed by atoms with Crippen LogP contribution in [0.3, 0.4) is 0 Å². The Kier molecular flexibility index (Phi) is 6.89. The number of anilines is 3. The normalized spacial score (nSPS) is 23.5. The Labute approximate surface area is 252 Å². The quantitative estimate of drug-likeness (QED) is 0.208. The van der Waals surface area contributed by atoms with Crippen LogP contribution in [-0.2, 0) is 10.0 Å². The highest BCUT2D eigenvalue weighted by Gasteiger charge is 2.53. The van der Waals surface area contributed by atoms with E-state index in [0.29, 0.717) is 46.4 Å². The van der Waals surface area contributed by atoms with Crippen LogP contribution in [0.5, 0.6) is 5.75 Å². The van der Waals surface area contributed by atoms with Crippen molar-refractivity contribution in [2.24, 2.45) is 17.8 Å². The van der Waals surface area contributed by atoms with Gasteiger partial charge in [-0.15, -0.1) is 0 Å². The highest BCUT2D eigenvalue weighted by molar-refractivity contribution is 7.92. The Hall–Kier alpha value is -4.30. The van der Waals surface area contributed by atoms with Crippen molar-refractivity contribution in [3.63, 3.8) is 0 Å². The molecular formula is C35H35N3O4S. The summed E-state index contributed by atoms with van der Waals surface area (Å²) in [4.78, 5) is 13.5. The third-order valence-electron chi connectivity index (χ3n) is 9.53. The molecule has 43 heavy (non-hydrogen) atoms. The van der Waals surface area contributed by atoms with Gasteiger partial charge in [0, 0.05) is 16.9 Å². The molecule has 3 aliphatic rings. The molecule has 4 aromatic carbocycles. The van der Waals surface area contributed by atoms with Crippen molar-refractivity contribution in [2.45, 2.75) is 43.0 Å². The lowest BCUT2D eigenvalue weighted by molar-refractivity contribution is 0.102. The minimum absolute atomic E-state index is 0.0872. The predicted octanol–water partition coefficient (Wildman–Crippen LogP) is 7.35. The van der Waals surface area contributed by atoms with E-state index in [0.717, 1.165) is 11.3 Å². The van der Waals surface area contributed by atoms with Crippen LogP contribution >= 0.6 is 0 Å². The first-order valence-corrected chi connectivity index (χ1v) is 16.3. The van der Waals surface area contributed by atoms with Crippen molar-refractivity contribution >= 4 is 33.0 Å². The van der Waals surface area contributed by atoms with E-state index in [1.54, 1.807) is 24.3 Å². The standard InChI is InChI=1S/C35H35N3O4S/c1-21-8-17-31(42-2)30(18-21)38-43(40,41)27-14-12-26(13-15-27)36-35(39)25-11-16-29-28(20-25)32-23-9-10-24(19-23)33(32)34(37-29)22-6-4-3-5-7-22/h3-8,11-18,20,23-24,32-34,37-38H,9-10,19H2,1-2H3,(H,36,39)/t23-,24-,32-,33-,34-/m0/s1. The van der Waals surface area contributed by atoms with Gasteiger partial charge in [-0.3, -0.25) is 9.52 Å². The number of rotatable bonds is 7. The van der Waals surface area contributed by atoms with Gasteiger partial charge in [-0.1, -0.05) is 36.4 Å². The zero-order valence-electron chi connectivity index (χ0n) is 24.2. The van der Waals surface area contributed by atoms with Crippen LogP contribution in [0.4, 0.5) is 17.1 Å². The molecule has 1 amide bonds. The van der Waals surface area contributed by atoms with E-state index in [1.807, 2.05) is 25.1 Å². The number of amides is 1. The molecule has 2 bridgehead atoms. The van der Waals surface area contributed by atoms with Crippen molar-refractivity contribution in [1.82, 2.24) is 0 Å². The van der Waals surface area contributed by atoms with E-state index >= 15 is 0 Å². The maximum Gasteiger partial charge on any atom is 0.262 e. The molecule has 5 atom stereocenters. The summed E-state index contributed by atoms with van der Waals surface area (Å²) >= 11 is 0. The van der Waals surface area contributed by atoms with Gasteiger partial charge in [-0.05, 0) is 121 Å². The first-order valence-electron chi connectivity index (χ1n) is 14.8. The SMILES string of the molecule is COc1ccc(C)cc1NS(=O)(=O)c1ccc(NC(=O)c2ccc3c(c2)[C@@H]2[C@H]4CC[C@@H](C4)[C@@H]2[C@H](c2ccccc2)N3)cc1. The van der Waals surface area contributed by atoms with Gasteiger partial charge in [0.25, 0.3) is 15.9 Å². The average Bonchev–Trinajstić information content (AvgIpc) is 3.64. The summed E-state index contributed by atoms with van der Waals surface area (Å²) in [6.07, 6.45) is 3.80. The van der Waals surface area contributed by atoms with Crippen LogP contribution in [-0.4, -0.2) is 21.4 Å². The van der Waals surface area contributed by atoms with E-state index in [-0.39, 0.29) is 16.8 Å². The summed E-state index contributed by atoms with van der Waals surface area (Å²) in [5, 5.41) is 6.78. The second kappa shape index (κ2) is 10.8. The molecule has 1 aliphatic heterocycles. The largest absolute Gasteiger partial charge is 0.495 e. The number of carbonyl (C=O) groups excluding carboxylic acids is 1. The third-order valence-corrected chi connectivity index (χ3v) is 10.9. The van der Waals surface area contributed by atoms with Crippen molar-refractivity contribution in [2.75, 3.05) is 22.5 Å². The fraction of sp³-hybridized carbons (Fsp3) is 0.286. The number of nitrogens with one attached hydrogen (secondary N) is 3. The number of aryl methyl sites for hydroxylation is 1. The molecule has 4 aromatic rings. The molecule has 2 fully saturated rings. The molecule has 2 saturated carbocycles. The number of hydrogen-bond donors (Lipinski definition) is 3. The van der Waals surface area contributed by atoms with E-state index in [4.69, 9.17) is 4.74 Å². The van der Waals surface area contributed by atoms with Crippen LogP contribution in [0.2, 0.25) is 0 Å². The highest BCUT2D eigenvalue weighted by Crippen LogP contribution is 2.63. The van der Waals surface area contributed by atoms with Gasteiger partial charge in [-0.2, -0.15) is 0 Å². The zero-order chi connectivity index (χ0) is 29.7. The number of hydrogen-bond acceptors (Lipinski definition) is 5. The summed E-state index contributed by atoms with van der Waals surface area (Å²) in [6.45, 7) is 1.88. The maximum absolute atomic E-state index is 13.4. The molecule has 0 spiro atoms. The number of sulfonamides is 1. The van der Waals surface area contributed by atoms with Gasteiger partial charge < -0.3 is 15.4 Å². The van der Waals surface area contributed by atoms with Crippen molar-refractivity contribution < 1.29 is 17.9 Å². The first kappa shape index (κ1) is 27.5. The number of benzene rings is 4. The fourth-order valence-corrected chi connectivity index (χ4v) is 8.70. The fourth-order valence-electron chi connectivity index (χ4n) is 7.64. The topological polar surface area (TPSA) is 96.5 Å². The third kappa shape index (κ3) is 5.03. The highest BCUT2D eigenvalue weighted by atomic mass is 32.2. The molecular weight excluding hydrogens is 558 g/mol.